The molecule has 150 valence electrons. The van der Waals surface area contributed by atoms with E-state index in [2.05, 4.69) is 30.5 Å². The molecule has 29 heavy (non-hydrogen) atoms. The largest absolute Gasteiger partial charge is 0.481 e. The molecule has 0 aliphatic rings. The fourth-order valence-electron chi connectivity index (χ4n) is 2.85. The molecule has 0 radical (unpaired) electrons. The Bertz CT molecular complexity index is 984. The molecule has 3 rings (SSSR count). The Morgan fingerprint density at radius 1 is 0.966 bits per heavy atom. The minimum Gasteiger partial charge on any atom is -0.481 e. The van der Waals surface area contributed by atoms with E-state index >= 15 is 0 Å². The Morgan fingerprint density at radius 2 is 1.66 bits per heavy atom. The molecule has 3 aromatic rings. The lowest BCUT2D eigenvalue weighted by Crippen LogP contribution is -2.20. The van der Waals surface area contributed by atoms with Gasteiger partial charge in [0.15, 0.2) is 12.4 Å². The van der Waals surface area contributed by atoms with Crippen LogP contribution in [-0.2, 0) is 11.3 Å². The molecular formula is C23H22Cl2N2O2. The minimum atomic E-state index is -0.288. The molecule has 0 bridgehead atoms. The Labute approximate surface area is 180 Å². The monoisotopic (exact) mass is 428 g/mol. The number of halogens is 2. The van der Waals surface area contributed by atoms with Crippen molar-refractivity contribution in [2.24, 2.45) is 0 Å². The van der Waals surface area contributed by atoms with Gasteiger partial charge in [0, 0.05) is 17.9 Å². The van der Waals surface area contributed by atoms with Crippen LogP contribution in [0.2, 0.25) is 10.0 Å². The highest BCUT2D eigenvalue weighted by Gasteiger charge is 2.12. The molecule has 0 spiro atoms. The fraction of sp³-hybridized carbons (Fsp3) is 0.174. The number of aryl methyl sites for hydroxylation is 1. The highest BCUT2D eigenvalue weighted by Crippen LogP contribution is 2.34. The van der Waals surface area contributed by atoms with Crippen LogP contribution < -0.4 is 15.4 Å². The number of hydrogen-bond donors (Lipinski definition) is 2. The molecule has 0 fully saturated rings. The first-order valence-electron chi connectivity index (χ1n) is 9.19. The van der Waals surface area contributed by atoms with E-state index in [0.717, 1.165) is 11.3 Å². The van der Waals surface area contributed by atoms with Gasteiger partial charge in [-0.25, -0.2) is 0 Å². The number of carbonyl (C=O) groups is 1. The molecule has 0 aliphatic carbocycles. The first kappa shape index (κ1) is 21.0. The number of ether oxygens (including phenoxy) is 1. The quantitative estimate of drug-likeness (QED) is 0.468. The lowest BCUT2D eigenvalue weighted by molar-refractivity contribution is -0.118. The molecule has 0 saturated carbocycles. The number of hydrogen-bond acceptors (Lipinski definition) is 3. The highest BCUT2D eigenvalue weighted by molar-refractivity contribution is 6.37. The second kappa shape index (κ2) is 9.68. The number of benzene rings is 3. The van der Waals surface area contributed by atoms with E-state index in [1.54, 1.807) is 24.3 Å². The summed E-state index contributed by atoms with van der Waals surface area (Å²) in [6.45, 7) is 4.54. The van der Waals surface area contributed by atoms with Gasteiger partial charge in [0.25, 0.3) is 5.91 Å². The molecule has 4 nitrogen and oxygen atoms in total. The van der Waals surface area contributed by atoms with Crippen molar-refractivity contribution in [1.82, 2.24) is 0 Å². The van der Waals surface area contributed by atoms with Gasteiger partial charge < -0.3 is 15.4 Å². The lowest BCUT2D eigenvalue weighted by atomic mass is 10.1. The molecule has 0 aliphatic heterocycles. The SMILES string of the molecule is Cc1cccc(NCc2cc(Cl)c(OCC(=O)Nc3ccccc3)c(Cl)c2)c1C. The molecule has 1 amide bonds. The molecule has 3 aromatic carbocycles. The van der Waals surface area contributed by atoms with Crippen LogP contribution in [0.5, 0.6) is 5.75 Å². The van der Waals surface area contributed by atoms with Crippen molar-refractivity contribution in [1.29, 1.82) is 0 Å². The van der Waals surface area contributed by atoms with Gasteiger partial charge in [-0.05, 0) is 60.9 Å². The van der Waals surface area contributed by atoms with Crippen molar-refractivity contribution in [3.05, 3.63) is 87.4 Å². The average Bonchev–Trinajstić information content (AvgIpc) is 2.69. The molecule has 0 saturated heterocycles. The van der Waals surface area contributed by atoms with E-state index in [1.807, 2.05) is 30.3 Å². The maximum Gasteiger partial charge on any atom is 0.262 e. The Kier molecular flexibility index (Phi) is 7.02. The summed E-state index contributed by atoms with van der Waals surface area (Å²) < 4.78 is 5.56. The molecule has 6 heteroatoms. The van der Waals surface area contributed by atoms with Gasteiger partial charge in [-0.15, -0.1) is 0 Å². The Hall–Kier alpha value is -2.69. The summed E-state index contributed by atoms with van der Waals surface area (Å²) in [5, 5.41) is 6.88. The molecular weight excluding hydrogens is 407 g/mol. The number of nitrogens with one attached hydrogen (secondary N) is 2. The molecule has 2 N–H and O–H groups in total. The first-order valence-corrected chi connectivity index (χ1v) is 9.95. The molecule has 0 unspecified atom stereocenters. The predicted octanol–water partition coefficient (Wildman–Crippen LogP) is 6.24. The van der Waals surface area contributed by atoms with Crippen molar-refractivity contribution < 1.29 is 9.53 Å². The summed E-state index contributed by atoms with van der Waals surface area (Å²) in [6, 6.07) is 18.9. The van der Waals surface area contributed by atoms with Gasteiger partial charge in [0.1, 0.15) is 0 Å². The summed E-state index contributed by atoms with van der Waals surface area (Å²) in [4.78, 5) is 12.1. The number of para-hydroxylation sites is 1. The molecule has 0 heterocycles. The second-order valence-electron chi connectivity index (χ2n) is 6.69. The topological polar surface area (TPSA) is 50.4 Å². The van der Waals surface area contributed by atoms with Crippen molar-refractivity contribution >= 4 is 40.5 Å². The van der Waals surface area contributed by atoms with Gasteiger partial charge in [0.05, 0.1) is 10.0 Å². The van der Waals surface area contributed by atoms with Crippen LogP contribution >= 0.6 is 23.2 Å². The Morgan fingerprint density at radius 3 is 2.34 bits per heavy atom. The van der Waals surface area contributed by atoms with E-state index < -0.39 is 0 Å². The smallest absolute Gasteiger partial charge is 0.262 e. The van der Waals surface area contributed by atoms with Gasteiger partial charge in [-0.3, -0.25) is 4.79 Å². The van der Waals surface area contributed by atoms with Crippen molar-refractivity contribution in [3.8, 4) is 5.75 Å². The third kappa shape index (κ3) is 5.66. The van der Waals surface area contributed by atoms with Gasteiger partial charge >= 0.3 is 0 Å². The van der Waals surface area contributed by atoms with Crippen LogP contribution in [0.3, 0.4) is 0 Å². The van der Waals surface area contributed by atoms with Crippen LogP contribution in [0.4, 0.5) is 11.4 Å². The van der Waals surface area contributed by atoms with Gasteiger partial charge in [0.2, 0.25) is 0 Å². The summed E-state index contributed by atoms with van der Waals surface area (Å²) >= 11 is 12.7. The summed E-state index contributed by atoms with van der Waals surface area (Å²) in [6.07, 6.45) is 0. The summed E-state index contributed by atoms with van der Waals surface area (Å²) in [5.74, 6) is 0.0102. The molecule has 0 atom stereocenters. The highest BCUT2D eigenvalue weighted by atomic mass is 35.5. The maximum atomic E-state index is 12.1. The van der Waals surface area contributed by atoms with E-state index in [-0.39, 0.29) is 12.5 Å². The zero-order valence-corrected chi connectivity index (χ0v) is 17.8. The van der Waals surface area contributed by atoms with Crippen LogP contribution in [0.1, 0.15) is 16.7 Å². The van der Waals surface area contributed by atoms with E-state index in [4.69, 9.17) is 27.9 Å². The first-order chi connectivity index (χ1) is 13.9. The normalized spacial score (nSPS) is 10.5. The summed E-state index contributed by atoms with van der Waals surface area (Å²) in [7, 11) is 0. The van der Waals surface area contributed by atoms with Crippen LogP contribution in [0.25, 0.3) is 0 Å². The summed E-state index contributed by atoms with van der Waals surface area (Å²) in [5.41, 5.74) is 5.11. The third-order valence-electron chi connectivity index (χ3n) is 4.55. The zero-order chi connectivity index (χ0) is 20.8. The number of anilines is 2. The van der Waals surface area contributed by atoms with Crippen molar-refractivity contribution in [3.63, 3.8) is 0 Å². The minimum absolute atomic E-state index is 0.186. The number of rotatable bonds is 7. The Balaban J connectivity index is 1.61. The number of amides is 1. The van der Waals surface area contributed by atoms with Crippen LogP contribution in [-0.4, -0.2) is 12.5 Å². The van der Waals surface area contributed by atoms with Crippen molar-refractivity contribution in [2.45, 2.75) is 20.4 Å². The van der Waals surface area contributed by atoms with E-state index in [1.165, 1.54) is 11.1 Å². The average molecular weight is 429 g/mol. The van der Waals surface area contributed by atoms with Crippen LogP contribution in [0.15, 0.2) is 60.7 Å². The fourth-order valence-corrected chi connectivity index (χ4v) is 3.49. The predicted molar refractivity (Wildman–Crippen MR) is 120 cm³/mol. The molecule has 0 aromatic heterocycles. The maximum absolute atomic E-state index is 12.1. The second-order valence-corrected chi connectivity index (χ2v) is 7.51. The van der Waals surface area contributed by atoms with Gasteiger partial charge in [-0.2, -0.15) is 0 Å². The number of carbonyl (C=O) groups excluding carboxylic acids is 1. The third-order valence-corrected chi connectivity index (χ3v) is 5.11. The van der Waals surface area contributed by atoms with E-state index in [9.17, 15) is 4.79 Å². The lowest BCUT2D eigenvalue weighted by Gasteiger charge is -2.14. The van der Waals surface area contributed by atoms with Crippen molar-refractivity contribution in [2.75, 3.05) is 17.2 Å². The van der Waals surface area contributed by atoms with E-state index in [0.29, 0.717) is 28.0 Å². The zero-order valence-electron chi connectivity index (χ0n) is 16.3. The standard InChI is InChI=1S/C23H22Cl2N2O2/c1-15-7-6-10-21(16(15)2)26-13-17-11-19(24)23(20(25)12-17)29-14-22(28)27-18-8-4-3-5-9-18/h3-12,26H,13-14H2,1-2H3,(H,27,28). The van der Waals surface area contributed by atoms with Gasteiger partial charge in [-0.1, -0.05) is 53.5 Å². The van der Waals surface area contributed by atoms with Crippen LogP contribution in [0, 0.1) is 13.8 Å².